The molecule has 11 heavy (non-hydrogen) atoms. The molecule has 1 heterocycles. The lowest BCUT2D eigenvalue weighted by molar-refractivity contribution is 0.254. The summed E-state index contributed by atoms with van der Waals surface area (Å²) in [6.07, 6.45) is 3.91. The highest BCUT2D eigenvalue weighted by molar-refractivity contribution is 4.77. The Balaban J connectivity index is 0.000000461. The molecule has 0 spiro atoms. The van der Waals surface area contributed by atoms with Crippen LogP contribution in [0.4, 0.5) is 0 Å². The van der Waals surface area contributed by atoms with Gasteiger partial charge in [0.15, 0.2) is 0 Å². The zero-order valence-corrected chi connectivity index (χ0v) is 7.05. The van der Waals surface area contributed by atoms with Crippen LogP contribution < -0.4 is 0 Å². The third kappa shape index (κ3) is 4.77. The van der Waals surface area contributed by atoms with E-state index in [1.807, 2.05) is 0 Å². The van der Waals surface area contributed by atoms with Crippen molar-refractivity contribution in [1.82, 2.24) is 4.90 Å². The topological polar surface area (TPSA) is 46.9 Å². The predicted octanol–water partition coefficient (Wildman–Crippen LogP) is 1.04. The fourth-order valence-electron chi connectivity index (χ4n) is 1.22. The molecule has 1 rings (SSSR count). The van der Waals surface area contributed by atoms with Crippen LogP contribution in [0, 0.1) is 11.3 Å². The van der Waals surface area contributed by atoms with Crippen LogP contribution in [0.15, 0.2) is 0 Å². The summed E-state index contributed by atoms with van der Waals surface area (Å²) in [6, 6.07) is 2.16. The molecule has 0 aliphatic carbocycles. The van der Waals surface area contributed by atoms with Gasteiger partial charge in [-0.25, -0.2) is 5.11 Å². The summed E-state index contributed by atoms with van der Waals surface area (Å²) in [5.74, 6) is 0. The van der Waals surface area contributed by atoms with Gasteiger partial charge in [-0.3, -0.25) is 4.90 Å². The summed E-state index contributed by atoms with van der Waals surface area (Å²) >= 11 is 0. The van der Waals surface area contributed by atoms with Crippen molar-refractivity contribution in [2.75, 3.05) is 26.7 Å². The van der Waals surface area contributed by atoms with E-state index in [1.54, 1.807) is 0 Å². The first-order chi connectivity index (χ1) is 5.43. The van der Waals surface area contributed by atoms with E-state index in [-0.39, 0.29) is 0 Å². The molecular formula is C8H15N2O. The molecule has 1 aliphatic heterocycles. The largest absolute Gasteiger partial charge is 0.291 e. The van der Waals surface area contributed by atoms with Gasteiger partial charge in [-0.15, -0.1) is 0 Å². The number of nitrogens with zero attached hydrogens (tertiary/aromatic N) is 2. The first kappa shape index (κ1) is 10.4. The molecule has 0 aromatic carbocycles. The smallest absolute Gasteiger partial charge is 0.0865 e. The minimum Gasteiger partial charge on any atom is -0.291 e. The molecular weight excluding hydrogens is 140 g/mol. The summed E-state index contributed by atoms with van der Waals surface area (Å²) in [6.45, 7) is 2.89. The number of hydrogen-bond acceptors (Lipinski definition) is 2. The van der Waals surface area contributed by atoms with Crippen molar-refractivity contribution in [3.05, 3.63) is 0 Å². The first-order valence-electron chi connectivity index (χ1n) is 3.93. The SMILES string of the molecule is C[O].N#CCN1CCCCC1. The first-order valence-corrected chi connectivity index (χ1v) is 3.93. The maximum atomic E-state index is 8.33. The second-order valence-electron chi connectivity index (χ2n) is 2.49. The third-order valence-electron chi connectivity index (χ3n) is 1.74. The van der Waals surface area contributed by atoms with Gasteiger partial charge < -0.3 is 0 Å². The van der Waals surface area contributed by atoms with E-state index < -0.39 is 0 Å². The molecule has 0 atom stereocenters. The van der Waals surface area contributed by atoms with Gasteiger partial charge in [0.1, 0.15) is 0 Å². The second-order valence-corrected chi connectivity index (χ2v) is 2.49. The van der Waals surface area contributed by atoms with Gasteiger partial charge in [0, 0.05) is 0 Å². The van der Waals surface area contributed by atoms with Crippen molar-refractivity contribution in [1.29, 1.82) is 5.26 Å². The molecule has 0 unspecified atom stereocenters. The van der Waals surface area contributed by atoms with Crippen LogP contribution in [0.1, 0.15) is 19.3 Å². The molecule has 3 nitrogen and oxygen atoms in total. The van der Waals surface area contributed by atoms with Gasteiger partial charge >= 0.3 is 0 Å². The monoisotopic (exact) mass is 155 g/mol. The molecule has 0 bridgehead atoms. The van der Waals surface area contributed by atoms with Gasteiger partial charge in [-0.1, -0.05) is 6.42 Å². The zero-order valence-electron chi connectivity index (χ0n) is 7.05. The average molecular weight is 155 g/mol. The van der Waals surface area contributed by atoms with Crippen LogP contribution in [0.5, 0.6) is 0 Å². The van der Waals surface area contributed by atoms with Gasteiger partial charge in [-0.2, -0.15) is 5.26 Å². The molecule has 63 valence electrons. The fraction of sp³-hybridized carbons (Fsp3) is 0.875. The van der Waals surface area contributed by atoms with E-state index in [2.05, 4.69) is 11.0 Å². The molecule has 0 amide bonds. The quantitative estimate of drug-likeness (QED) is 0.531. The van der Waals surface area contributed by atoms with Crippen molar-refractivity contribution >= 4 is 0 Å². The molecule has 1 fully saturated rings. The van der Waals surface area contributed by atoms with Gasteiger partial charge in [0.25, 0.3) is 0 Å². The van der Waals surface area contributed by atoms with Crippen LogP contribution in [0.25, 0.3) is 0 Å². The molecule has 1 aliphatic rings. The van der Waals surface area contributed by atoms with Gasteiger partial charge in [0.2, 0.25) is 0 Å². The van der Waals surface area contributed by atoms with Crippen molar-refractivity contribution in [2.24, 2.45) is 0 Å². The van der Waals surface area contributed by atoms with Crippen molar-refractivity contribution in [3.8, 4) is 6.07 Å². The van der Waals surface area contributed by atoms with Crippen LogP contribution in [-0.4, -0.2) is 31.6 Å². The lowest BCUT2D eigenvalue weighted by Gasteiger charge is -2.22. The molecule has 1 radical (unpaired) electrons. The Labute approximate surface area is 68.2 Å². The van der Waals surface area contributed by atoms with Crippen LogP contribution in [0.3, 0.4) is 0 Å². The average Bonchev–Trinajstić information content (AvgIpc) is 2.11. The summed E-state index contributed by atoms with van der Waals surface area (Å²) in [7, 11) is 0.750. The number of hydrogen-bond donors (Lipinski definition) is 0. The minimum absolute atomic E-state index is 0.625. The molecule has 0 aromatic rings. The summed E-state index contributed by atoms with van der Waals surface area (Å²) in [5.41, 5.74) is 0. The normalized spacial score (nSPS) is 17.9. The number of rotatable bonds is 1. The maximum absolute atomic E-state index is 8.33. The highest BCUT2D eigenvalue weighted by Gasteiger charge is 2.07. The van der Waals surface area contributed by atoms with Crippen LogP contribution in [0.2, 0.25) is 0 Å². The number of piperidine rings is 1. The van der Waals surface area contributed by atoms with Gasteiger partial charge in [-0.05, 0) is 25.9 Å². The predicted molar refractivity (Wildman–Crippen MR) is 42.5 cm³/mol. The number of nitriles is 1. The van der Waals surface area contributed by atoms with E-state index in [9.17, 15) is 0 Å². The van der Waals surface area contributed by atoms with E-state index in [0.717, 1.165) is 20.2 Å². The Hall–Kier alpha value is -0.590. The van der Waals surface area contributed by atoms with Crippen LogP contribution >= 0.6 is 0 Å². The van der Waals surface area contributed by atoms with Gasteiger partial charge in [0.05, 0.1) is 19.7 Å². The number of likely N-dealkylation sites (tertiary alicyclic amines) is 1. The second kappa shape index (κ2) is 7.52. The van der Waals surface area contributed by atoms with Crippen molar-refractivity contribution < 1.29 is 5.11 Å². The Morgan fingerprint density at radius 1 is 1.27 bits per heavy atom. The van der Waals surface area contributed by atoms with Crippen molar-refractivity contribution in [2.45, 2.75) is 19.3 Å². The Morgan fingerprint density at radius 3 is 2.27 bits per heavy atom. The highest BCUT2D eigenvalue weighted by atomic mass is 16.2. The molecule has 3 heteroatoms. The van der Waals surface area contributed by atoms with E-state index in [1.165, 1.54) is 19.3 Å². The Kier molecular flexibility index (Phi) is 7.11. The minimum atomic E-state index is 0.625. The lowest BCUT2D eigenvalue weighted by atomic mass is 10.1. The van der Waals surface area contributed by atoms with E-state index in [4.69, 9.17) is 10.4 Å². The van der Waals surface area contributed by atoms with E-state index >= 15 is 0 Å². The summed E-state index contributed by atoms with van der Waals surface area (Å²) < 4.78 is 0. The molecule has 0 saturated carbocycles. The van der Waals surface area contributed by atoms with Crippen LogP contribution in [-0.2, 0) is 5.11 Å². The summed E-state index contributed by atoms with van der Waals surface area (Å²) in [4.78, 5) is 2.21. The third-order valence-corrected chi connectivity index (χ3v) is 1.74. The Bertz CT molecular complexity index is 114. The highest BCUT2D eigenvalue weighted by Crippen LogP contribution is 2.06. The maximum Gasteiger partial charge on any atom is 0.0865 e. The van der Waals surface area contributed by atoms with E-state index in [0.29, 0.717) is 6.54 Å². The Morgan fingerprint density at radius 2 is 1.82 bits per heavy atom. The molecule has 0 N–H and O–H groups in total. The fourth-order valence-corrected chi connectivity index (χ4v) is 1.22. The molecule has 1 saturated heterocycles. The standard InChI is InChI=1S/C7H12N2.CH3O/c8-4-7-9-5-2-1-3-6-9;1-2/h1-3,5-7H2;1H3. The lowest BCUT2D eigenvalue weighted by Crippen LogP contribution is -2.29. The zero-order chi connectivity index (χ0) is 8.53. The summed E-state index contributed by atoms with van der Waals surface area (Å²) in [5, 5.41) is 16.6. The molecule has 0 aromatic heterocycles. The van der Waals surface area contributed by atoms with Crippen molar-refractivity contribution in [3.63, 3.8) is 0 Å².